The summed E-state index contributed by atoms with van der Waals surface area (Å²) in [6.45, 7) is 6.48. The highest BCUT2D eigenvalue weighted by atomic mass is 35.5. The fourth-order valence-corrected chi connectivity index (χ4v) is 3.97. The third-order valence-corrected chi connectivity index (χ3v) is 5.67. The number of hydrogen-bond acceptors (Lipinski definition) is 5. The molecule has 1 saturated heterocycles. The van der Waals surface area contributed by atoms with Crippen molar-refractivity contribution in [3.05, 3.63) is 52.8 Å². The fourth-order valence-electron chi connectivity index (χ4n) is 3.75. The smallest absolute Gasteiger partial charge is 0.411 e. The fraction of sp³-hybridized carbons (Fsp3) is 0.400. The summed E-state index contributed by atoms with van der Waals surface area (Å²) in [6.07, 6.45) is -2.41. The minimum Gasteiger partial charge on any atom is -0.444 e. The quantitative estimate of drug-likeness (QED) is 0.409. The van der Waals surface area contributed by atoms with E-state index in [2.05, 4.69) is 10.5 Å². The van der Waals surface area contributed by atoms with Crippen molar-refractivity contribution in [2.75, 3.05) is 19.0 Å². The highest BCUT2D eigenvalue weighted by molar-refractivity contribution is 6.33. The minimum atomic E-state index is -1.40. The van der Waals surface area contributed by atoms with Gasteiger partial charge in [0.25, 0.3) is 0 Å². The Bertz CT molecular complexity index is 1150. The molecule has 0 aliphatic carbocycles. The number of likely N-dealkylation sites (tertiary alicyclic amines) is 1. The molecule has 1 aliphatic heterocycles. The summed E-state index contributed by atoms with van der Waals surface area (Å²) >= 11 is 6.34. The number of oxime groups is 1. The minimum absolute atomic E-state index is 0.123. The lowest BCUT2D eigenvalue weighted by molar-refractivity contribution is -0.120. The lowest BCUT2D eigenvalue weighted by atomic mass is 10.00. The number of carbonyl (C=O) groups is 2. The zero-order valence-electron chi connectivity index (χ0n) is 20.2. The first kappa shape index (κ1) is 26.4. The Morgan fingerprint density at radius 2 is 1.91 bits per heavy atom. The van der Waals surface area contributed by atoms with E-state index in [1.807, 2.05) is 0 Å². The van der Waals surface area contributed by atoms with E-state index in [4.69, 9.17) is 21.2 Å². The highest BCUT2D eigenvalue weighted by Gasteiger charge is 2.42. The number of anilines is 1. The molecule has 1 heterocycles. The maximum Gasteiger partial charge on any atom is 0.411 e. The lowest BCUT2D eigenvalue weighted by Crippen LogP contribution is -2.45. The predicted molar refractivity (Wildman–Crippen MR) is 131 cm³/mol. The molecule has 0 radical (unpaired) electrons. The average molecular weight is 508 g/mol. The normalized spacial score (nSPS) is 18.4. The molecule has 2 aromatic rings. The molecule has 2 atom stereocenters. The van der Waals surface area contributed by atoms with Crippen LogP contribution in [0.3, 0.4) is 0 Å². The van der Waals surface area contributed by atoms with Crippen molar-refractivity contribution in [2.45, 2.75) is 51.9 Å². The van der Waals surface area contributed by atoms with Crippen LogP contribution in [0.2, 0.25) is 5.02 Å². The van der Waals surface area contributed by atoms with Crippen LogP contribution in [-0.4, -0.2) is 54.1 Å². The van der Waals surface area contributed by atoms with Crippen molar-refractivity contribution in [2.24, 2.45) is 5.16 Å². The van der Waals surface area contributed by atoms with Gasteiger partial charge in [-0.1, -0.05) is 35.0 Å². The molecule has 2 aromatic carbocycles. The van der Waals surface area contributed by atoms with E-state index in [0.717, 1.165) is 4.90 Å². The molecule has 0 bridgehead atoms. The van der Waals surface area contributed by atoms with Gasteiger partial charge in [-0.3, -0.25) is 9.69 Å². The number of nitrogens with one attached hydrogen (secondary N) is 1. The van der Waals surface area contributed by atoms with Crippen LogP contribution in [-0.2, 0) is 14.4 Å². The van der Waals surface area contributed by atoms with Gasteiger partial charge in [0.1, 0.15) is 24.9 Å². The number of amides is 2. The van der Waals surface area contributed by atoms with E-state index in [1.54, 1.807) is 52.0 Å². The molecule has 0 spiro atoms. The number of halogens is 3. The van der Waals surface area contributed by atoms with Gasteiger partial charge in [0.15, 0.2) is 5.82 Å². The van der Waals surface area contributed by atoms with Crippen LogP contribution in [0.25, 0.3) is 11.1 Å². The number of carbonyl (C=O) groups excluding carboxylic acids is 2. The second kappa shape index (κ2) is 10.6. The molecule has 3 rings (SSSR count). The van der Waals surface area contributed by atoms with Crippen molar-refractivity contribution in [3.8, 4) is 11.1 Å². The topological polar surface area (TPSA) is 80.2 Å². The summed E-state index contributed by atoms with van der Waals surface area (Å²) in [5, 5.41) is 6.67. The van der Waals surface area contributed by atoms with Crippen molar-refractivity contribution < 1.29 is 27.9 Å². The molecule has 0 unspecified atom stereocenters. The van der Waals surface area contributed by atoms with Crippen molar-refractivity contribution in [1.82, 2.24) is 4.90 Å². The Morgan fingerprint density at radius 1 is 1.20 bits per heavy atom. The van der Waals surface area contributed by atoms with Gasteiger partial charge >= 0.3 is 6.09 Å². The van der Waals surface area contributed by atoms with Crippen LogP contribution >= 0.6 is 11.6 Å². The van der Waals surface area contributed by atoms with Gasteiger partial charge in [0.05, 0.1) is 17.9 Å². The van der Waals surface area contributed by atoms with Crippen LogP contribution in [0.5, 0.6) is 0 Å². The Hall–Kier alpha value is -3.20. The first-order valence-corrected chi connectivity index (χ1v) is 11.4. The second-order valence-electron chi connectivity index (χ2n) is 9.19. The van der Waals surface area contributed by atoms with Crippen molar-refractivity contribution >= 4 is 35.0 Å². The Labute approximate surface area is 208 Å². The largest absolute Gasteiger partial charge is 0.444 e. The SMILES string of the molecule is CO/N=C(\C)c1ccc(Cl)c(-c2cccc(NC(=O)[C@@H]3C[C@@H](F)CN3C(=O)OC(C)(C)C)c2F)c1. The van der Waals surface area contributed by atoms with Crippen LogP contribution in [0, 0.1) is 5.82 Å². The molecule has 1 aliphatic rings. The van der Waals surface area contributed by atoms with Gasteiger partial charge in [-0.05, 0) is 51.5 Å². The van der Waals surface area contributed by atoms with Gasteiger partial charge in [-0.2, -0.15) is 0 Å². The third-order valence-electron chi connectivity index (χ3n) is 5.34. The lowest BCUT2D eigenvalue weighted by Gasteiger charge is -2.27. The van der Waals surface area contributed by atoms with Gasteiger partial charge in [0, 0.05) is 22.6 Å². The van der Waals surface area contributed by atoms with Gasteiger partial charge < -0.3 is 14.9 Å². The van der Waals surface area contributed by atoms with Gasteiger partial charge in [-0.25, -0.2) is 13.6 Å². The molecule has 0 aromatic heterocycles. The molecule has 1 fully saturated rings. The zero-order chi connectivity index (χ0) is 25.9. The van der Waals surface area contributed by atoms with Crippen LogP contribution in [0.15, 0.2) is 41.6 Å². The Balaban J connectivity index is 1.88. The van der Waals surface area contributed by atoms with E-state index < -0.39 is 35.6 Å². The predicted octanol–water partition coefficient (Wildman–Crippen LogP) is 5.80. The molecule has 1 N–H and O–H groups in total. The van der Waals surface area contributed by atoms with Gasteiger partial charge in [-0.15, -0.1) is 0 Å². The van der Waals surface area contributed by atoms with E-state index in [0.29, 0.717) is 21.9 Å². The summed E-state index contributed by atoms with van der Waals surface area (Å²) in [7, 11) is 1.42. The molecule has 7 nitrogen and oxygen atoms in total. The Morgan fingerprint density at radius 3 is 2.57 bits per heavy atom. The van der Waals surface area contributed by atoms with Gasteiger partial charge in [0.2, 0.25) is 5.91 Å². The number of nitrogens with zero attached hydrogens (tertiary/aromatic N) is 2. The van der Waals surface area contributed by atoms with E-state index in [1.165, 1.54) is 19.2 Å². The molecule has 188 valence electrons. The van der Waals surface area contributed by atoms with Crippen LogP contribution in [0.4, 0.5) is 19.3 Å². The number of rotatable bonds is 5. The van der Waals surface area contributed by atoms with Crippen molar-refractivity contribution in [1.29, 1.82) is 0 Å². The summed E-state index contributed by atoms with van der Waals surface area (Å²) in [4.78, 5) is 31.3. The van der Waals surface area contributed by atoms with E-state index >= 15 is 4.39 Å². The van der Waals surface area contributed by atoms with Crippen LogP contribution < -0.4 is 5.32 Å². The first-order chi connectivity index (χ1) is 16.4. The maximum atomic E-state index is 15.5. The summed E-state index contributed by atoms with van der Waals surface area (Å²) in [5.41, 5.74) is 0.852. The molecule has 10 heteroatoms. The maximum absolute atomic E-state index is 15.5. The summed E-state index contributed by atoms with van der Waals surface area (Å²) in [5.74, 6) is -1.44. The molecular formula is C25H28ClF2N3O4. The first-order valence-electron chi connectivity index (χ1n) is 11.0. The summed E-state index contributed by atoms with van der Waals surface area (Å²) < 4.78 is 35.0. The standard InChI is InChI=1S/C25H28ClF2N3O4/c1-14(30-34-5)15-9-10-19(26)18(11-15)17-7-6-8-20(22(17)28)29-23(32)21-12-16(27)13-31(21)24(33)35-25(2,3)4/h6-11,16,21H,12-13H2,1-5H3,(H,29,32)/b30-14+/t16-,21+/m1/s1. The molecule has 35 heavy (non-hydrogen) atoms. The Kier molecular flexibility index (Phi) is 8.00. The number of alkyl halides is 1. The number of benzene rings is 2. The zero-order valence-corrected chi connectivity index (χ0v) is 21.0. The molecule has 2 amide bonds. The van der Waals surface area contributed by atoms with E-state index in [-0.39, 0.29) is 24.2 Å². The number of ether oxygens (including phenoxy) is 1. The van der Waals surface area contributed by atoms with Crippen LogP contribution in [0.1, 0.15) is 39.7 Å². The van der Waals surface area contributed by atoms with Crippen molar-refractivity contribution in [3.63, 3.8) is 0 Å². The third kappa shape index (κ3) is 6.28. The van der Waals surface area contributed by atoms with E-state index in [9.17, 15) is 14.0 Å². The highest BCUT2D eigenvalue weighted by Crippen LogP contribution is 2.34. The monoisotopic (exact) mass is 507 g/mol. The average Bonchev–Trinajstić information content (AvgIpc) is 3.17. The molecular weight excluding hydrogens is 480 g/mol. The second-order valence-corrected chi connectivity index (χ2v) is 9.60. The summed E-state index contributed by atoms with van der Waals surface area (Å²) in [6, 6.07) is 8.34. The number of hydrogen-bond donors (Lipinski definition) is 1. The molecule has 0 saturated carbocycles.